The molecule has 0 fully saturated rings. The van der Waals surface area contributed by atoms with E-state index in [1.54, 1.807) is 13.2 Å². The molecule has 0 aliphatic carbocycles. The van der Waals surface area contributed by atoms with Crippen molar-refractivity contribution in [3.05, 3.63) is 18.0 Å². The minimum atomic E-state index is -0.185. The summed E-state index contributed by atoms with van der Waals surface area (Å²) in [5, 5.41) is 9.89. The van der Waals surface area contributed by atoms with E-state index >= 15 is 0 Å². The van der Waals surface area contributed by atoms with E-state index in [9.17, 15) is 4.79 Å². The molecule has 0 unspecified atom stereocenters. The Labute approximate surface area is 89.9 Å². The summed E-state index contributed by atoms with van der Waals surface area (Å²) in [4.78, 5) is 11.2. The zero-order chi connectivity index (χ0) is 11.3. The van der Waals surface area contributed by atoms with Crippen molar-refractivity contribution in [2.75, 3.05) is 7.05 Å². The molecule has 84 valence electrons. The molecule has 0 saturated carbocycles. The molecule has 5 nitrogen and oxygen atoms in total. The SMILES string of the molecule is CCn1nccc1CN[C@H](C)C(=O)NC. The normalized spacial score (nSPS) is 12.5. The number of nitrogens with one attached hydrogen (secondary N) is 2. The molecule has 0 aliphatic rings. The van der Waals surface area contributed by atoms with Gasteiger partial charge in [-0.25, -0.2) is 0 Å². The smallest absolute Gasteiger partial charge is 0.236 e. The minimum Gasteiger partial charge on any atom is -0.358 e. The Morgan fingerprint density at radius 3 is 3.00 bits per heavy atom. The fourth-order valence-corrected chi connectivity index (χ4v) is 1.36. The second-order valence-corrected chi connectivity index (χ2v) is 3.36. The summed E-state index contributed by atoms with van der Waals surface area (Å²) >= 11 is 0. The molecule has 0 spiro atoms. The van der Waals surface area contributed by atoms with E-state index in [-0.39, 0.29) is 11.9 Å². The Morgan fingerprint density at radius 2 is 2.40 bits per heavy atom. The lowest BCUT2D eigenvalue weighted by Gasteiger charge is -2.12. The fraction of sp³-hybridized carbons (Fsp3) is 0.600. The number of rotatable bonds is 5. The van der Waals surface area contributed by atoms with Gasteiger partial charge in [0.25, 0.3) is 0 Å². The van der Waals surface area contributed by atoms with Gasteiger partial charge in [-0.05, 0) is 19.9 Å². The number of likely N-dealkylation sites (N-methyl/N-ethyl adjacent to an activating group) is 1. The molecule has 15 heavy (non-hydrogen) atoms. The molecule has 1 aromatic heterocycles. The molecular weight excluding hydrogens is 192 g/mol. The standard InChI is InChI=1S/C10H18N4O/c1-4-14-9(5-6-13-14)7-12-8(2)10(15)11-3/h5-6,8,12H,4,7H2,1-3H3,(H,11,15)/t8-/m1/s1. The van der Waals surface area contributed by atoms with Gasteiger partial charge in [0.2, 0.25) is 5.91 Å². The van der Waals surface area contributed by atoms with Crippen LogP contribution in [0.15, 0.2) is 12.3 Å². The first kappa shape index (κ1) is 11.7. The van der Waals surface area contributed by atoms with Gasteiger partial charge in [-0.3, -0.25) is 9.48 Å². The summed E-state index contributed by atoms with van der Waals surface area (Å²) in [7, 11) is 1.64. The van der Waals surface area contributed by atoms with Crippen LogP contribution in [-0.4, -0.2) is 28.8 Å². The number of carbonyl (C=O) groups is 1. The number of carbonyl (C=O) groups excluding carboxylic acids is 1. The van der Waals surface area contributed by atoms with Crippen molar-refractivity contribution in [2.45, 2.75) is 33.0 Å². The van der Waals surface area contributed by atoms with Crippen molar-refractivity contribution >= 4 is 5.91 Å². The highest BCUT2D eigenvalue weighted by Crippen LogP contribution is 1.98. The second kappa shape index (κ2) is 5.50. The highest BCUT2D eigenvalue weighted by Gasteiger charge is 2.10. The van der Waals surface area contributed by atoms with Crippen LogP contribution in [-0.2, 0) is 17.9 Å². The maximum absolute atomic E-state index is 11.2. The summed E-state index contributed by atoms with van der Waals surface area (Å²) in [6.45, 7) is 5.38. The molecule has 0 saturated heterocycles. The third kappa shape index (κ3) is 3.06. The van der Waals surface area contributed by atoms with E-state index in [1.165, 1.54) is 0 Å². The average Bonchev–Trinajstić information content (AvgIpc) is 2.71. The lowest BCUT2D eigenvalue weighted by molar-refractivity contribution is -0.122. The van der Waals surface area contributed by atoms with E-state index < -0.39 is 0 Å². The maximum atomic E-state index is 11.2. The number of nitrogens with zero attached hydrogens (tertiary/aromatic N) is 2. The molecule has 1 rings (SSSR count). The van der Waals surface area contributed by atoms with Gasteiger partial charge >= 0.3 is 0 Å². The van der Waals surface area contributed by atoms with Gasteiger partial charge < -0.3 is 10.6 Å². The van der Waals surface area contributed by atoms with Crippen LogP contribution in [0, 0.1) is 0 Å². The number of hydrogen-bond donors (Lipinski definition) is 2. The quantitative estimate of drug-likeness (QED) is 0.726. The second-order valence-electron chi connectivity index (χ2n) is 3.36. The van der Waals surface area contributed by atoms with Crippen LogP contribution >= 0.6 is 0 Å². The molecule has 1 heterocycles. The largest absolute Gasteiger partial charge is 0.358 e. The summed E-state index contributed by atoms with van der Waals surface area (Å²) in [6, 6.07) is 1.77. The van der Waals surface area contributed by atoms with Crippen LogP contribution in [0.25, 0.3) is 0 Å². The van der Waals surface area contributed by atoms with Gasteiger partial charge in [0.05, 0.1) is 11.7 Å². The van der Waals surface area contributed by atoms with Crippen molar-refractivity contribution in [1.29, 1.82) is 0 Å². The van der Waals surface area contributed by atoms with Crippen molar-refractivity contribution in [1.82, 2.24) is 20.4 Å². The molecular formula is C10H18N4O. The monoisotopic (exact) mass is 210 g/mol. The van der Waals surface area contributed by atoms with Gasteiger partial charge in [0, 0.05) is 26.3 Å². The molecule has 1 aromatic rings. The van der Waals surface area contributed by atoms with Gasteiger partial charge in [-0.2, -0.15) is 5.10 Å². The number of amides is 1. The van der Waals surface area contributed by atoms with Crippen LogP contribution in [0.5, 0.6) is 0 Å². The van der Waals surface area contributed by atoms with Crippen LogP contribution in [0.2, 0.25) is 0 Å². The van der Waals surface area contributed by atoms with Crippen LogP contribution in [0.3, 0.4) is 0 Å². The van der Waals surface area contributed by atoms with Crippen molar-refractivity contribution in [2.24, 2.45) is 0 Å². The Bertz CT molecular complexity index is 321. The van der Waals surface area contributed by atoms with Gasteiger partial charge in [-0.1, -0.05) is 0 Å². The van der Waals surface area contributed by atoms with Crippen LogP contribution in [0.4, 0.5) is 0 Å². The van der Waals surface area contributed by atoms with E-state index in [0.29, 0.717) is 6.54 Å². The van der Waals surface area contributed by atoms with E-state index in [1.807, 2.05) is 24.6 Å². The third-order valence-corrected chi connectivity index (χ3v) is 2.33. The van der Waals surface area contributed by atoms with E-state index in [0.717, 1.165) is 12.2 Å². The number of hydrogen-bond acceptors (Lipinski definition) is 3. The first-order valence-electron chi connectivity index (χ1n) is 5.14. The topological polar surface area (TPSA) is 59.0 Å². The minimum absolute atomic E-state index is 0.00226. The highest BCUT2D eigenvalue weighted by atomic mass is 16.2. The average molecular weight is 210 g/mol. The Morgan fingerprint density at radius 1 is 1.67 bits per heavy atom. The number of aryl methyl sites for hydroxylation is 1. The molecule has 0 aliphatic heterocycles. The van der Waals surface area contributed by atoms with E-state index in [2.05, 4.69) is 15.7 Å². The Kier molecular flexibility index (Phi) is 4.30. The third-order valence-electron chi connectivity index (χ3n) is 2.33. The summed E-state index contributed by atoms with van der Waals surface area (Å²) in [6.07, 6.45) is 1.77. The first-order chi connectivity index (χ1) is 7.19. The predicted octanol–water partition coefficient (Wildman–Crippen LogP) is 0.127. The molecule has 0 radical (unpaired) electrons. The Hall–Kier alpha value is -1.36. The fourth-order valence-electron chi connectivity index (χ4n) is 1.36. The summed E-state index contributed by atoms with van der Waals surface area (Å²) < 4.78 is 1.91. The van der Waals surface area contributed by atoms with Gasteiger partial charge in [0.1, 0.15) is 0 Å². The zero-order valence-corrected chi connectivity index (χ0v) is 9.45. The summed E-state index contributed by atoms with van der Waals surface area (Å²) in [5.74, 6) is -0.00226. The molecule has 5 heteroatoms. The lowest BCUT2D eigenvalue weighted by atomic mass is 10.3. The molecule has 0 aromatic carbocycles. The Balaban J connectivity index is 2.46. The van der Waals surface area contributed by atoms with Crippen molar-refractivity contribution < 1.29 is 4.79 Å². The van der Waals surface area contributed by atoms with Gasteiger partial charge in [0.15, 0.2) is 0 Å². The van der Waals surface area contributed by atoms with E-state index in [4.69, 9.17) is 0 Å². The lowest BCUT2D eigenvalue weighted by Crippen LogP contribution is -2.40. The molecule has 2 N–H and O–H groups in total. The maximum Gasteiger partial charge on any atom is 0.236 e. The number of aromatic nitrogens is 2. The van der Waals surface area contributed by atoms with Gasteiger partial charge in [-0.15, -0.1) is 0 Å². The highest BCUT2D eigenvalue weighted by molar-refractivity contribution is 5.80. The van der Waals surface area contributed by atoms with Crippen LogP contribution in [0.1, 0.15) is 19.5 Å². The molecule has 1 amide bonds. The molecule has 1 atom stereocenters. The van der Waals surface area contributed by atoms with Crippen molar-refractivity contribution in [3.63, 3.8) is 0 Å². The van der Waals surface area contributed by atoms with Crippen molar-refractivity contribution in [3.8, 4) is 0 Å². The molecule has 0 bridgehead atoms. The zero-order valence-electron chi connectivity index (χ0n) is 9.45. The predicted molar refractivity (Wildman–Crippen MR) is 58.3 cm³/mol. The van der Waals surface area contributed by atoms with Crippen LogP contribution < -0.4 is 10.6 Å². The summed E-state index contributed by atoms with van der Waals surface area (Å²) in [5.41, 5.74) is 1.09. The first-order valence-corrected chi connectivity index (χ1v) is 5.14.